The van der Waals surface area contributed by atoms with E-state index in [2.05, 4.69) is 22.7 Å². The van der Waals surface area contributed by atoms with Gasteiger partial charge in [-0.1, -0.05) is 30.3 Å². The highest BCUT2D eigenvalue weighted by atomic mass is 32.1. The van der Waals surface area contributed by atoms with Crippen LogP contribution in [0.1, 0.15) is 12.5 Å². The first-order chi connectivity index (χ1) is 7.72. The fourth-order valence-electron chi connectivity index (χ4n) is 1.18. The minimum absolute atomic E-state index is 0.130. The number of ether oxygens (including phenoxy) is 1. The Balaban J connectivity index is 2.64. The number of nitrogens with one attached hydrogen (secondary N) is 1. The summed E-state index contributed by atoms with van der Waals surface area (Å²) >= 11 is 4.67. The van der Waals surface area contributed by atoms with Crippen molar-refractivity contribution in [3.8, 4) is 0 Å². The Hall–Kier alpha value is -1.62. The molecule has 1 aromatic rings. The molecule has 0 aliphatic carbocycles. The van der Waals surface area contributed by atoms with E-state index in [0.717, 1.165) is 5.56 Å². The van der Waals surface area contributed by atoms with Gasteiger partial charge in [0.25, 0.3) is 0 Å². The number of benzene rings is 1. The second-order valence-electron chi connectivity index (χ2n) is 3.08. The third-order valence-corrected chi connectivity index (χ3v) is 1.89. The summed E-state index contributed by atoms with van der Waals surface area (Å²) in [6, 6.07) is 9.93. The SMILES string of the molecule is CCO/C(Cc1ccccc1)=N/NC(N)=S. The summed E-state index contributed by atoms with van der Waals surface area (Å²) in [6.07, 6.45) is 0.615. The average Bonchev–Trinajstić information content (AvgIpc) is 2.27. The molecule has 0 radical (unpaired) electrons. The Bertz CT molecular complexity index is 365. The summed E-state index contributed by atoms with van der Waals surface area (Å²) in [7, 11) is 0. The van der Waals surface area contributed by atoms with Gasteiger partial charge in [-0.25, -0.2) is 0 Å². The molecule has 0 fully saturated rings. The first kappa shape index (κ1) is 12.4. The molecule has 1 aromatic carbocycles. The highest BCUT2D eigenvalue weighted by Crippen LogP contribution is 2.01. The number of hydrogen-bond acceptors (Lipinski definition) is 3. The number of thiocarbonyl (C=S) groups is 1. The summed E-state index contributed by atoms with van der Waals surface area (Å²) in [5.41, 5.74) is 8.94. The zero-order valence-electron chi connectivity index (χ0n) is 9.14. The van der Waals surface area contributed by atoms with Gasteiger partial charge in [0.2, 0.25) is 5.90 Å². The Morgan fingerprint density at radius 1 is 1.44 bits per heavy atom. The van der Waals surface area contributed by atoms with Gasteiger partial charge < -0.3 is 10.5 Å². The van der Waals surface area contributed by atoms with Crippen LogP contribution in [0.25, 0.3) is 0 Å². The van der Waals surface area contributed by atoms with Crippen molar-refractivity contribution in [2.75, 3.05) is 6.61 Å². The summed E-state index contributed by atoms with van der Waals surface area (Å²) in [6.45, 7) is 2.46. The zero-order valence-corrected chi connectivity index (χ0v) is 9.96. The smallest absolute Gasteiger partial charge is 0.210 e. The molecule has 0 saturated carbocycles. The minimum Gasteiger partial charge on any atom is -0.480 e. The Morgan fingerprint density at radius 2 is 2.12 bits per heavy atom. The van der Waals surface area contributed by atoms with Gasteiger partial charge in [0.1, 0.15) is 0 Å². The van der Waals surface area contributed by atoms with Gasteiger partial charge in [0.15, 0.2) is 5.11 Å². The normalized spacial score (nSPS) is 10.9. The van der Waals surface area contributed by atoms with Crippen LogP contribution in [0.15, 0.2) is 35.4 Å². The van der Waals surface area contributed by atoms with E-state index in [1.54, 1.807) is 0 Å². The first-order valence-electron chi connectivity index (χ1n) is 5.01. The van der Waals surface area contributed by atoms with Gasteiger partial charge in [0, 0.05) is 0 Å². The summed E-state index contributed by atoms with van der Waals surface area (Å²) in [4.78, 5) is 0. The fraction of sp³-hybridized carbons (Fsp3) is 0.273. The lowest BCUT2D eigenvalue weighted by Crippen LogP contribution is -2.26. The van der Waals surface area contributed by atoms with Crippen molar-refractivity contribution in [3.05, 3.63) is 35.9 Å². The van der Waals surface area contributed by atoms with Crippen LogP contribution in [0, 0.1) is 0 Å². The summed E-state index contributed by atoms with van der Waals surface area (Å²) < 4.78 is 5.37. The Labute approximate surface area is 100 Å². The van der Waals surface area contributed by atoms with E-state index in [0.29, 0.717) is 18.9 Å². The van der Waals surface area contributed by atoms with E-state index < -0.39 is 0 Å². The van der Waals surface area contributed by atoms with E-state index >= 15 is 0 Å². The van der Waals surface area contributed by atoms with Crippen molar-refractivity contribution in [3.63, 3.8) is 0 Å². The van der Waals surface area contributed by atoms with Crippen molar-refractivity contribution in [2.24, 2.45) is 10.8 Å². The maximum atomic E-state index is 5.37. The maximum Gasteiger partial charge on any atom is 0.210 e. The molecule has 0 heterocycles. The van der Waals surface area contributed by atoms with Gasteiger partial charge >= 0.3 is 0 Å². The van der Waals surface area contributed by atoms with Gasteiger partial charge in [-0.2, -0.15) is 0 Å². The molecule has 0 bridgehead atoms. The lowest BCUT2D eigenvalue weighted by molar-refractivity contribution is 0.317. The van der Waals surface area contributed by atoms with Gasteiger partial charge in [-0.05, 0) is 24.7 Å². The number of hydrazone groups is 1. The maximum absolute atomic E-state index is 5.37. The predicted octanol–water partition coefficient (Wildman–Crippen LogP) is 1.41. The van der Waals surface area contributed by atoms with E-state index in [9.17, 15) is 0 Å². The van der Waals surface area contributed by atoms with E-state index in [1.807, 2.05) is 37.3 Å². The lowest BCUT2D eigenvalue weighted by Gasteiger charge is -2.07. The Morgan fingerprint density at radius 3 is 2.69 bits per heavy atom. The van der Waals surface area contributed by atoms with Gasteiger partial charge in [-0.15, -0.1) is 5.10 Å². The molecule has 0 aliphatic heterocycles. The number of rotatable bonds is 4. The van der Waals surface area contributed by atoms with E-state index in [1.165, 1.54) is 0 Å². The van der Waals surface area contributed by atoms with Crippen LogP contribution in [0.2, 0.25) is 0 Å². The molecule has 0 aliphatic rings. The summed E-state index contributed by atoms with van der Waals surface area (Å²) in [5.74, 6) is 0.571. The zero-order chi connectivity index (χ0) is 11.8. The van der Waals surface area contributed by atoms with Gasteiger partial charge in [0.05, 0.1) is 13.0 Å². The largest absolute Gasteiger partial charge is 0.480 e. The van der Waals surface area contributed by atoms with Crippen LogP contribution < -0.4 is 11.2 Å². The topological polar surface area (TPSA) is 59.6 Å². The Kier molecular flexibility index (Phi) is 5.28. The third-order valence-electron chi connectivity index (χ3n) is 1.80. The summed E-state index contributed by atoms with van der Waals surface area (Å²) in [5, 5.41) is 4.12. The first-order valence-corrected chi connectivity index (χ1v) is 5.42. The van der Waals surface area contributed by atoms with Crippen molar-refractivity contribution < 1.29 is 4.74 Å². The number of hydrogen-bond donors (Lipinski definition) is 2. The van der Waals surface area contributed by atoms with Crippen LogP contribution in [0.3, 0.4) is 0 Å². The molecular weight excluding hydrogens is 222 g/mol. The second kappa shape index (κ2) is 6.79. The highest BCUT2D eigenvalue weighted by molar-refractivity contribution is 7.80. The van der Waals surface area contributed by atoms with Crippen molar-refractivity contribution >= 4 is 23.2 Å². The second-order valence-corrected chi connectivity index (χ2v) is 3.52. The van der Waals surface area contributed by atoms with Crippen molar-refractivity contribution in [2.45, 2.75) is 13.3 Å². The molecule has 3 N–H and O–H groups in total. The van der Waals surface area contributed by atoms with E-state index in [4.69, 9.17) is 10.5 Å². The highest BCUT2D eigenvalue weighted by Gasteiger charge is 2.01. The molecule has 0 saturated heterocycles. The number of nitrogens with two attached hydrogens (primary N) is 1. The molecule has 0 aromatic heterocycles. The van der Waals surface area contributed by atoms with Crippen LogP contribution in [-0.2, 0) is 11.2 Å². The standard InChI is InChI=1S/C11H15N3OS/c1-2-15-10(13-14-11(12)16)8-9-6-4-3-5-7-9/h3-7H,2,8H2,1H3,(H3,12,14,16)/b13-10+. The van der Waals surface area contributed by atoms with Crippen LogP contribution in [-0.4, -0.2) is 17.6 Å². The molecule has 16 heavy (non-hydrogen) atoms. The molecule has 0 atom stereocenters. The quantitative estimate of drug-likeness (QED) is 0.360. The third kappa shape index (κ3) is 4.75. The molecular formula is C11H15N3OS. The molecule has 1 rings (SSSR count). The monoisotopic (exact) mass is 237 g/mol. The fourth-order valence-corrected chi connectivity index (χ4v) is 1.22. The van der Waals surface area contributed by atoms with Crippen LogP contribution in [0.5, 0.6) is 0 Å². The molecule has 0 amide bonds. The van der Waals surface area contributed by atoms with E-state index in [-0.39, 0.29) is 5.11 Å². The minimum atomic E-state index is 0.130. The van der Waals surface area contributed by atoms with Crippen molar-refractivity contribution in [1.82, 2.24) is 5.43 Å². The molecule has 86 valence electrons. The van der Waals surface area contributed by atoms with Crippen LogP contribution >= 0.6 is 12.2 Å². The predicted molar refractivity (Wildman–Crippen MR) is 69.1 cm³/mol. The lowest BCUT2D eigenvalue weighted by atomic mass is 10.1. The van der Waals surface area contributed by atoms with Gasteiger partial charge in [-0.3, -0.25) is 5.43 Å². The van der Waals surface area contributed by atoms with Crippen LogP contribution in [0.4, 0.5) is 0 Å². The molecule has 5 heteroatoms. The average molecular weight is 237 g/mol. The number of nitrogens with zero attached hydrogens (tertiary/aromatic N) is 1. The molecule has 0 unspecified atom stereocenters. The molecule has 0 spiro atoms. The molecule has 4 nitrogen and oxygen atoms in total. The van der Waals surface area contributed by atoms with Crippen molar-refractivity contribution in [1.29, 1.82) is 0 Å².